The van der Waals surface area contributed by atoms with Crippen LogP contribution < -0.4 is 20.1 Å². The Bertz CT molecular complexity index is 775. The van der Waals surface area contributed by atoms with E-state index in [2.05, 4.69) is 10.6 Å². The molecule has 2 fully saturated rings. The van der Waals surface area contributed by atoms with E-state index in [1.165, 1.54) is 14.2 Å². The molecule has 8 nitrogen and oxygen atoms in total. The van der Waals surface area contributed by atoms with Crippen LogP contribution in [-0.4, -0.2) is 49.0 Å². The Labute approximate surface area is 164 Å². The molecule has 1 saturated heterocycles. The highest BCUT2D eigenvalue weighted by Crippen LogP contribution is 2.36. The summed E-state index contributed by atoms with van der Waals surface area (Å²) in [5.41, 5.74) is -0.495. The number of nitrogens with one attached hydrogen (secondary N) is 2. The Hall–Kier alpha value is -2.77. The molecule has 1 atom stereocenters. The van der Waals surface area contributed by atoms with Crippen LogP contribution in [0.25, 0.3) is 0 Å². The van der Waals surface area contributed by atoms with Crippen LogP contribution in [0.15, 0.2) is 18.2 Å². The summed E-state index contributed by atoms with van der Waals surface area (Å²) in [6.07, 6.45) is 5.09. The fraction of sp³-hybridized carbons (Fsp3) is 0.550. The van der Waals surface area contributed by atoms with Gasteiger partial charge in [-0.3, -0.25) is 14.5 Å². The number of nitrogens with zero attached hydrogens (tertiary/aromatic N) is 1. The van der Waals surface area contributed by atoms with Gasteiger partial charge in [0.25, 0.3) is 5.91 Å². The quantitative estimate of drug-likeness (QED) is 0.729. The van der Waals surface area contributed by atoms with Crippen molar-refractivity contribution < 1.29 is 23.9 Å². The first-order valence-corrected chi connectivity index (χ1v) is 9.55. The second-order valence-corrected chi connectivity index (χ2v) is 7.47. The van der Waals surface area contributed by atoms with E-state index in [0.29, 0.717) is 17.2 Å². The van der Waals surface area contributed by atoms with Gasteiger partial charge in [-0.25, -0.2) is 4.79 Å². The first kappa shape index (κ1) is 20.0. The molecular weight excluding hydrogens is 362 g/mol. The summed E-state index contributed by atoms with van der Waals surface area (Å²) in [5, 5.41) is 5.52. The van der Waals surface area contributed by atoms with Crippen LogP contribution in [0.1, 0.15) is 39.0 Å². The minimum absolute atomic E-state index is 0.104. The fourth-order valence-corrected chi connectivity index (χ4v) is 4.05. The molecule has 0 unspecified atom stereocenters. The van der Waals surface area contributed by atoms with E-state index in [4.69, 9.17) is 9.47 Å². The average molecular weight is 389 g/mol. The van der Waals surface area contributed by atoms with Crippen LogP contribution in [0, 0.1) is 5.92 Å². The molecule has 1 saturated carbocycles. The van der Waals surface area contributed by atoms with Gasteiger partial charge < -0.3 is 20.1 Å². The molecule has 1 aromatic rings. The Balaban J connectivity index is 1.69. The summed E-state index contributed by atoms with van der Waals surface area (Å²) in [5.74, 6) is 0.317. The van der Waals surface area contributed by atoms with E-state index in [9.17, 15) is 14.4 Å². The van der Waals surface area contributed by atoms with Crippen molar-refractivity contribution in [2.24, 2.45) is 5.92 Å². The topological polar surface area (TPSA) is 97.0 Å². The van der Waals surface area contributed by atoms with Crippen LogP contribution in [0.3, 0.4) is 0 Å². The third-order valence-electron chi connectivity index (χ3n) is 5.71. The maximum atomic E-state index is 13.0. The molecule has 152 valence electrons. The van der Waals surface area contributed by atoms with E-state index in [1.807, 2.05) is 0 Å². The lowest BCUT2D eigenvalue weighted by Crippen LogP contribution is -2.51. The van der Waals surface area contributed by atoms with E-state index in [0.717, 1.165) is 37.0 Å². The highest BCUT2D eigenvalue weighted by atomic mass is 16.5. The minimum atomic E-state index is -0.935. The number of hydrogen-bond acceptors (Lipinski definition) is 5. The smallest absolute Gasteiger partial charge is 0.325 e. The lowest BCUT2D eigenvalue weighted by molar-refractivity contribution is -0.135. The van der Waals surface area contributed by atoms with Crippen molar-refractivity contribution in [3.63, 3.8) is 0 Å². The number of hydrogen-bond donors (Lipinski definition) is 2. The highest BCUT2D eigenvalue weighted by Gasteiger charge is 2.52. The molecule has 0 spiro atoms. The molecule has 2 N–H and O–H groups in total. The summed E-state index contributed by atoms with van der Waals surface area (Å²) < 4.78 is 10.4. The summed E-state index contributed by atoms with van der Waals surface area (Å²) >= 11 is 0. The molecule has 4 amide bonds. The molecule has 28 heavy (non-hydrogen) atoms. The van der Waals surface area contributed by atoms with Crippen molar-refractivity contribution in [2.75, 3.05) is 26.1 Å². The SMILES string of the molecule is COc1ccc(NC(=O)CN2C(=O)N[C@@](C)(C3CCCCC3)C2=O)c(OC)c1. The summed E-state index contributed by atoms with van der Waals surface area (Å²) in [6, 6.07) is 4.46. The number of amides is 4. The van der Waals surface area contributed by atoms with Gasteiger partial charge >= 0.3 is 6.03 Å². The van der Waals surface area contributed by atoms with E-state index >= 15 is 0 Å². The molecule has 0 bridgehead atoms. The molecule has 1 aliphatic carbocycles. The van der Waals surface area contributed by atoms with Crippen molar-refractivity contribution in [2.45, 2.75) is 44.6 Å². The molecular formula is C20H27N3O5. The lowest BCUT2D eigenvalue weighted by Gasteiger charge is -2.34. The van der Waals surface area contributed by atoms with Gasteiger partial charge in [-0.2, -0.15) is 0 Å². The lowest BCUT2D eigenvalue weighted by atomic mass is 9.75. The number of rotatable bonds is 6. The molecule has 8 heteroatoms. The van der Waals surface area contributed by atoms with Gasteiger partial charge in [-0.15, -0.1) is 0 Å². The minimum Gasteiger partial charge on any atom is -0.497 e. The van der Waals surface area contributed by atoms with Gasteiger partial charge in [0.2, 0.25) is 5.91 Å². The van der Waals surface area contributed by atoms with E-state index < -0.39 is 17.5 Å². The Kier molecular flexibility index (Phi) is 5.76. The van der Waals surface area contributed by atoms with Crippen molar-refractivity contribution >= 4 is 23.5 Å². The predicted molar refractivity (Wildman–Crippen MR) is 103 cm³/mol. The van der Waals surface area contributed by atoms with Gasteiger partial charge in [0, 0.05) is 6.07 Å². The van der Waals surface area contributed by atoms with Crippen LogP contribution in [0.5, 0.6) is 11.5 Å². The molecule has 1 aromatic carbocycles. The normalized spacial score (nSPS) is 22.8. The number of carbonyl (C=O) groups is 3. The molecule has 1 aliphatic heterocycles. The number of urea groups is 1. The molecule has 0 radical (unpaired) electrons. The molecule has 3 rings (SSSR count). The zero-order chi connectivity index (χ0) is 20.3. The fourth-order valence-electron chi connectivity index (χ4n) is 4.05. The van der Waals surface area contributed by atoms with Crippen LogP contribution in [0.4, 0.5) is 10.5 Å². The summed E-state index contributed by atoms with van der Waals surface area (Å²) in [4.78, 5) is 38.9. The maximum absolute atomic E-state index is 13.0. The van der Waals surface area contributed by atoms with E-state index in [-0.39, 0.29) is 18.4 Å². The molecule has 1 heterocycles. The molecule has 0 aromatic heterocycles. The number of methoxy groups -OCH3 is 2. The van der Waals surface area contributed by atoms with Crippen LogP contribution in [-0.2, 0) is 9.59 Å². The van der Waals surface area contributed by atoms with Crippen LogP contribution in [0.2, 0.25) is 0 Å². The number of carbonyl (C=O) groups excluding carboxylic acids is 3. The average Bonchev–Trinajstić information content (AvgIpc) is 2.93. The van der Waals surface area contributed by atoms with Crippen LogP contribution >= 0.6 is 0 Å². The molecule has 2 aliphatic rings. The number of imide groups is 1. The third-order valence-corrected chi connectivity index (χ3v) is 5.71. The van der Waals surface area contributed by atoms with Gasteiger partial charge in [0.05, 0.1) is 19.9 Å². The monoisotopic (exact) mass is 389 g/mol. The highest BCUT2D eigenvalue weighted by molar-refractivity contribution is 6.10. The zero-order valence-electron chi connectivity index (χ0n) is 16.5. The first-order valence-electron chi connectivity index (χ1n) is 9.55. The largest absolute Gasteiger partial charge is 0.497 e. The number of anilines is 1. The van der Waals surface area contributed by atoms with Crippen molar-refractivity contribution in [1.29, 1.82) is 0 Å². The number of ether oxygens (including phenoxy) is 2. The third kappa shape index (κ3) is 3.76. The first-order chi connectivity index (χ1) is 13.4. The second kappa shape index (κ2) is 8.08. The number of benzene rings is 1. The van der Waals surface area contributed by atoms with Crippen molar-refractivity contribution in [3.05, 3.63) is 18.2 Å². The maximum Gasteiger partial charge on any atom is 0.325 e. The predicted octanol–water partition coefficient (Wildman–Crippen LogP) is 2.53. The van der Waals surface area contributed by atoms with E-state index in [1.54, 1.807) is 25.1 Å². The van der Waals surface area contributed by atoms with Crippen molar-refractivity contribution in [3.8, 4) is 11.5 Å². The van der Waals surface area contributed by atoms with Gasteiger partial charge in [-0.05, 0) is 37.8 Å². The summed E-state index contributed by atoms with van der Waals surface area (Å²) in [6.45, 7) is 1.43. The Morgan fingerprint density at radius 1 is 1.21 bits per heavy atom. The Morgan fingerprint density at radius 2 is 1.93 bits per heavy atom. The second-order valence-electron chi connectivity index (χ2n) is 7.47. The summed E-state index contributed by atoms with van der Waals surface area (Å²) in [7, 11) is 3.02. The Morgan fingerprint density at radius 3 is 2.57 bits per heavy atom. The van der Waals surface area contributed by atoms with Crippen molar-refractivity contribution in [1.82, 2.24) is 10.2 Å². The zero-order valence-corrected chi connectivity index (χ0v) is 16.5. The van der Waals surface area contributed by atoms with Gasteiger partial charge in [0.1, 0.15) is 23.6 Å². The van der Waals surface area contributed by atoms with Gasteiger partial charge in [0.15, 0.2) is 0 Å². The standard InChI is InChI=1S/C20H27N3O5/c1-20(13-7-5-4-6-8-13)18(25)23(19(26)22-20)12-17(24)21-15-10-9-14(27-2)11-16(15)28-3/h9-11,13H,4-8,12H2,1-3H3,(H,21,24)(H,22,26)/t20-/m0/s1. The van der Waals surface area contributed by atoms with Gasteiger partial charge in [-0.1, -0.05) is 19.3 Å².